The number of fused-ring (bicyclic) bond motifs is 4. The molecule has 3 aromatic rings. The number of hydrogen-bond donors (Lipinski definition) is 2. The minimum Gasteiger partial charge on any atom is -0.395 e. The van der Waals surface area contributed by atoms with Gasteiger partial charge in [0.25, 0.3) is 0 Å². The fraction of sp³-hybridized carbons (Fsp3) is 0.440. The maximum Gasteiger partial charge on any atom is 0.417 e. The van der Waals surface area contributed by atoms with Crippen molar-refractivity contribution in [1.29, 1.82) is 5.26 Å². The zero-order valence-electron chi connectivity index (χ0n) is 18.2. The normalized spacial score (nSPS) is 29.2. The zero-order valence-corrected chi connectivity index (χ0v) is 18.2. The van der Waals surface area contributed by atoms with Gasteiger partial charge in [-0.3, -0.25) is 0 Å². The van der Waals surface area contributed by atoms with E-state index in [2.05, 4.69) is 11.2 Å². The van der Waals surface area contributed by atoms with E-state index in [1.165, 1.54) is 12.1 Å². The van der Waals surface area contributed by atoms with E-state index in [4.69, 9.17) is 0 Å². The molecule has 9 heteroatoms. The fourth-order valence-electron chi connectivity index (χ4n) is 6.03. The highest BCUT2D eigenvalue weighted by molar-refractivity contribution is 5.83. The highest BCUT2D eigenvalue weighted by atomic mass is 19.4. The summed E-state index contributed by atoms with van der Waals surface area (Å²) in [5.74, 6) is -0.372. The topological polar surface area (TPSA) is 82.1 Å². The lowest BCUT2D eigenvalue weighted by Gasteiger charge is -2.54. The van der Waals surface area contributed by atoms with Crippen molar-refractivity contribution in [3.8, 4) is 11.8 Å². The number of nitriles is 1. The Hall–Kier alpha value is -2.96. The van der Waals surface area contributed by atoms with E-state index >= 15 is 0 Å². The number of rotatable bonds is 2. The fourth-order valence-corrected chi connectivity index (χ4v) is 6.03. The molecule has 3 unspecified atom stereocenters. The van der Waals surface area contributed by atoms with Gasteiger partial charge < -0.3 is 10.2 Å². The van der Waals surface area contributed by atoms with E-state index in [9.17, 15) is 33.0 Å². The molecule has 0 bridgehead atoms. The number of hydrogen-bond acceptors (Lipinski definition) is 4. The monoisotopic (exact) mass is 473 g/mol. The highest BCUT2D eigenvalue weighted by Gasteiger charge is 2.67. The molecule has 1 heterocycles. The number of aryl methyl sites for hydroxylation is 1. The van der Waals surface area contributed by atoms with Gasteiger partial charge in [0.2, 0.25) is 0 Å². The molecular formula is C25H23F4N3O2. The number of aliphatic hydroxyl groups excluding tert-OH is 1. The molecule has 2 aliphatic carbocycles. The van der Waals surface area contributed by atoms with Crippen LogP contribution in [0, 0.1) is 22.6 Å². The summed E-state index contributed by atoms with van der Waals surface area (Å²) in [6.07, 6.45) is -3.71. The van der Waals surface area contributed by atoms with Crippen molar-refractivity contribution >= 4 is 10.9 Å². The van der Waals surface area contributed by atoms with E-state index in [1.807, 2.05) is 12.1 Å². The lowest BCUT2D eigenvalue weighted by Crippen LogP contribution is -2.61. The molecule has 0 saturated heterocycles. The summed E-state index contributed by atoms with van der Waals surface area (Å²) < 4.78 is 56.3. The summed E-state index contributed by atoms with van der Waals surface area (Å²) in [5.41, 5.74) is -2.91. The number of alkyl halides is 3. The molecule has 1 fully saturated rings. The lowest BCUT2D eigenvalue weighted by atomic mass is 9.50. The summed E-state index contributed by atoms with van der Waals surface area (Å²) in [4.78, 5) is 0. The van der Waals surface area contributed by atoms with Crippen molar-refractivity contribution in [3.63, 3.8) is 0 Å². The van der Waals surface area contributed by atoms with E-state index in [-0.39, 0.29) is 18.7 Å². The molecule has 0 amide bonds. The summed E-state index contributed by atoms with van der Waals surface area (Å²) >= 11 is 0. The van der Waals surface area contributed by atoms with Crippen molar-refractivity contribution in [2.24, 2.45) is 5.41 Å². The molecule has 1 saturated carbocycles. The van der Waals surface area contributed by atoms with Crippen LogP contribution in [0.3, 0.4) is 0 Å². The molecule has 34 heavy (non-hydrogen) atoms. The minimum absolute atomic E-state index is 0.136. The quantitative estimate of drug-likeness (QED) is 0.528. The predicted octanol–water partition coefficient (Wildman–Crippen LogP) is 4.72. The van der Waals surface area contributed by atoms with Gasteiger partial charge in [0.1, 0.15) is 5.82 Å². The van der Waals surface area contributed by atoms with E-state index in [0.29, 0.717) is 29.5 Å². The Kier molecular flexibility index (Phi) is 5.05. The Morgan fingerprint density at radius 1 is 1.12 bits per heavy atom. The summed E-state index contributed by atoms with van der Waals surface area (Å²) in [5, 5.41) is 36.5. The molecule has 5 rings (SSSR count). The molecule has 2 aromatic carbocycles. The number of aromatic nitrogens is 2. The van der Waals surface area contributed by atoms with Crippen molar-refractivity contribution in [3.05, 3.63) is 59.5 Å². The Balaban J connectivity index is 1.69. The minimum atomic E-state index is -4.87. The molecule has 1 aromatic heterocycles. The van der Waals surface area contributed by atoms with E-state index in [1.54, 1.807) is 23.0 Å². The predicted molar refractivity (Wildman–Crippen MR) is 116 cm³/mol. The summed E-state index contributed by atoms with van der Waals surface area (Å²) in [7, 11) is 0. The second kappa shape index (κ2) is 7.52. The van der Waals surface area contributed by atoms with Crippen LogP contribution in [0.4, 0.5) is 17.6 Å². The van der Waals surface area contributed by atoms with Gasteiger partial charge in [0.05, 0.1) is 35.5 Å². The summed E-state index contributed by atoms with van der Waals surface area (Å²) in [6.45, 7) is -0.501. The Morgan fingerprint density at radius 3 is 2.50 bits per heavy atom. The third-order valence-corrected chi connectivity index (χ3v) is 7.92. The van der Waals surface area contributed by atoms with Crippen LogP contribution >= 0.6 is 0 Å². The van der Waals surface area contributed by atoms with Gasteiger partial charge in [0, 0.05) is 17.2 Å². The second-order valence-electron chi connectivity index (χ2n) is 9.59. The maximum atomic E-state index is 13.8. The highest BCUT2D eigenvalue weighted by Crippen LogP contribution is 2.61. The van der Waals surface area contributed by atoms with Crippen molar-refractivity contribution < 1.29 is 27.8 Å². The van der Waals surface area contributed by atoms with Crippen molar-refractivity contribution in [1.82, 2.24) is 9.78 Å². The SMILES string of the molecule is N#CC12CCCc3cc4c(cnn4-c4ccc(F)cc4)cc3C1(CO)CCC(O)(C(F)(F)F)C2. The van der Waals surface area contributed by atoms with Crippen molar-refractivity contribution in [2.75, 3.05) is 6.61 Å². The molecule has 2 aliphatic rings. The van der Waals surface area contributed by atoms with Gasteiger partial charge in [-0.15, -0.1) is 0 Å². The van der Waals surface area contributed by atoms with Crippen LogP contribution < -0.4 is 0 Å². The molecule has 0 aliphatic heterocycles. The largest absolute Gasteiger partial charge is 0.417 e. The average molecular weight is 473 g/mol. The van der Waals surface area contributed by atoms with Gasteiger partial charge in [-0.1, -0.05) is 0 Å². The van der Waals surface area contributed by atoms with Crippen molar-refractivity contribution in [2.45, 2.75) is 55.7 Å². The standard InChI is InChI=1S/C25H23F4N3O2/c26-18-3-5-19(6-4-18)32-21-11-16-2-1-7-22(14-30)13-24(34,25(27,28)29)9-8-23(22,15-33)20(16)10-17(21)12-31-32/h3-6,10-12,33-34H,1-2,7-9,13,15H2. The van der Waals surface area contributed by atoms with E-state index < -0.39 is 42.1 Å². The summed E-state index contributed by atoms with van der Waals surface area (Å²) in [6, 6.07) is 11.7. The smallest absolute Gasteiger partial charge is 0.395 e. The zero-order chi connectivity index (χ0) is 24.4. The van der Waals surface area contributed by atoms with E-state index in [0.717, 1.165) is 11.1 Å². The van der Waals surface area contributed by atoms with Crippen LogP contribution in [-0.2, 0) is 11.8 Å². The number of nitrogens with zero attached hydrogens (tertiary/aromatic N) is 3. The Morgan fingerprint density at radius 2 is 1.85 bits per heavy atom. The molecule has 3 atom stereocenters. The number of benzene rings is 2. The number of halogens is 4. The van der Waals surface area contributed by atoms with Crippen LogP contribution in [0.5, 0.6) is 0 Å². The molecule has 5 nitrogen and oxygen atoms in total. The van der Waals surface area contributed by atoms with Crippen LogP contribution in [0.25, 0.3) is 16.6 Å². The van der Waals surface area contributed by atoms with Gasteiger partial charge in [-0.2, -0.15) is 23.5 Å². The Bertz CT molecular complexity index is 1300. The Labute approximate surface area is 193 Å². The average Bonchev–Trinajstić information content (AvgIpc) is 3.15. The van der Waals surface area contributed by atoms with Gasteiger partial charge in [0.15, 0.2) is 5.60 Å². The lowest BCUT2D eigenvalue weighted by molar-refractivity contribution is -0.285. The van der Waals surface area contributed by atoms with Crippen LogP contribution in [0.1, 0.15) is 43.2 Å². The van der Waals surface area contributed by atoms with Gasteiger partial charge in [-0.05, 0) is 79.6 Å². The molecule has 0 spiro atoms. The molecule has 0 radical (unpaired) electrons. The first-order chi connectivity index (χ1) is 16.1. The van der Waals surface area contributed by atoms with Crippen LogP contribution in [0.15, 0.2) is 42.6 Å². The first-order valence-electron chi connectivity index (χ1n) is 11.2. The van der Waals surface area contributed by atoms with Gasteiger partial charge in [-0.25, -0.2) is 9.07 Å². The second-order valence-corrected chi connectivity index (χ2v) is 9.59. The first-order valence-corrected chi connectivity index (χ1v) is 11.2. The van der Waals surface area contributed by atoms with Crippen LogP contribution in [0.2, 0.25) is 0 Å². The third-order valence-electron chi connectivity index (χ3n) is 7.92. The first kappa shape index (κ1) is 22.8. The molecule has 178 valence electrons. The molecular weight excluding hydrogens is 450 g/mol. The third kappa shape index (κ3) is 3.08. The van der Waals surface area contributed by atoms with Crippen LogP contribution in [-0.4, -0.2) is 38.4 Å². The maximum absolute atomic E-state index is 13.8. The van der Waals surface area contributed by atoms with Gasteiger partial charge >= 0.3 is 6.18 Å². The molecule has 2 N–H and O–H groups in total. The number of aliphatic hydroxyl groups is 2.